The van der Waals surface area contributed by atoms with Crippen LogP contribution in [0.25, 0.3) is 0 Å². The van der Waals surface area contributed by atoms with Crippen LogP contribution in [0.1, 0.15) is 0 Å². The lowest BCUT2D eigenvalue weighted by atomic mass is 10.1. The second-order valence-electron chi connectivity index (χ2n) is 1.89. The van der Waals surface area contributed by atoms with E-state index in [1.807, 2.05) is 0 Å². The van der Waals surface area contributed by atoms with E-state index in [0.717, 1.165) is 0 Å². The van der Waals surface area contributed by atoms with Gasteiger partial charge in [0.15, 0.2) is 0 Å². The Bertz CT molecular complexity index is 132. The summed E-state index contributed by atoms with van der Waals surface area (Å²) in [5.74, 6) is 0. The number of carbonyl (C=O) groups excluding carboxylic acids is 1. The van der Waals surface area contributed by atoms with Crippen molar-refractivity contribution in [2.24, 2.45) is 0 Å². The molecule has 10 heavy (non-hydrogen) atoms. The van der Waals surface area contributed by atoms with Gasteiger partial charge in [-0.15, -0.1) is 0 Å². The molecule has 0 rings (SSSR count). The highest BCUT2D eigenvalue weighted by Crippen LogP contribution is 2.00. The van der Waals surface area contributed by atoms with Gasteiger partial charge in [-0.2, -0.15) is 0 Å². The summed E-state index contributed by atoms with van der Waals surface area (Å²) in [6.45, 7) is 2.56. The van der Waals surface area contributed by atoms with Gasteiger partial charge in [0.25, 0.3) is 0 Å². The molecule has 0 spiro atoms. The average Bonchev–Trinajstić information content (AvgIpc) is 2.00. The Hall–Kier alpha value is -0.710. The molecular weight excluding hydrogens is 136 g/mol. The minimum atomic E-state index is -1.36. The highest BCUT2D eigenvalue weighted by atomic mass is 16.4. The standard InChI is InChI=1S/C6H10O4/c1-4(2-7)6(10)5(9)3-8/h2,5-6,8-10H,1,3H2. The molecule has 0 aromatic heterocycles. The molecule has 0 aromatic rings. The number of hydrogen-bond acceptors (Lipinski definition) is 4. The second kappa shape index (κ2) is 4.16. The molecule has 0 fully saturated rings. The summed E-state index contributed by atoms with van der Waals surface area (Å²) in [6.07, 6.45) is -2.34. The minimum Gasteiger partial charge on any atom is -0.394 e. The Morgan fingerprint density at radius 3 is 2.40 bits per heavy atom. The predicted octanol–water partition coefficient (Wildman–Crippen LogP) is -1.54. The monoisotopic (exact) mass is 146 g/mol. The van der Waals surface area contributed by atoms with Crippen molar-refractivity contribution in [1.82, 2.24) is 0 Å². The van der Waals surface area contributed by atoms with Crippen LogP contribution in [0.2, 0.25) is 0 Å². The van der Waals surface area contributed by atoms with Gasteiger partial charge in [0.05, 0.1) is 6.61 Å². The van der Waals surface area contributed by atoms with Crippen LogP contribution in [-0.4, -0.2) is 40.4 Å². The molecule has 58 valence electrons. The Morgan fingerprint density at radius 2 is 2.10 bits per heavy atom. The van der Waals surface area contributed by atoms with Gasteiger partial charge in [-0.25, -0.2) is 0 Å². The number of rotatable bonds is 4. The SMILES string of the molecule is C=C(C=O)C(O)C(O)CO. The van der Waals surface area contributed by atoms with Gasteiger partial charge < -0.3 is 15.3 Å². The lowest BCUT2D eigenvalue weighted by Crippen LogP contribution is -2.31. The van der Waals surface area contributed by atoms with Crippen LogP contribution in [0.4, 0.5) is 0 Å². The minimum absolute atomic E-state index is 0.137. The fourth-order valence-corrected chi connectivity index (χ4v) is 0.417. The Balaban J connectivity index is 3.93. The van der Waals surface area contributed by atoms with Crippen LogP contribution in [0.15, 0.2) is 12.2 Å². The van der Waals surface area contributed by atoms with Gasteiger partial charge in [-0.3, -0.25) is 4.79 Å². The van der Waals surface area contributed by atoms with Crippen molar-refractivity contribution in [3.05, 3.63) is 12.2 Å². The third kappa shape index (κ3) is 2.26. The van der Waals surface area contributed by atoms with Crippen LogP contribution in [-0.2, 0) is 4.79 Å². The Morgan fingerprint density at radius 1 is 1.60 bits per heavy atom. The molecule has 0 aliphatic rings. The van der Waals surface area contributed by atoms with E-state index in [2.05, 4.69) is 6.58 Å². The maximum Gasteiger partial charge on any atom is 0.148 e. The van der Waals surface area contributed by atoms with Crippen molar-refractivity contribution in [3.63, 3.8) is 0 Å². The van der Waals surface area contributed by atoms with E-state index in [1.165, 1.54) is 0 Å². The van der Waals surface area contributed by atoms with Gasteiger partial charge in [-0.1, -0.05) is 6.58 Å². The summed E-state index contributed by atoms with van der Waals surface area (Å²) < 4.78 is 0. The van der Waals surface area contributed by atoms with Crippen molar-refractivity contribution in [3.8, 4) is 0 Å². The first-order chi connectivity index (χ1) is 4.63. The number of carbonyl (C=O) groups is 1. The lowest BCUT2D eigenvalue weighted by molar-refractivity contribution is -0.106. The summed E-state index contributed by atoms with van der Waals surface area (Å²) in [4.78, 5) is 9.91. The second-order valence-corrected chi connectivity index (χ2v) is 1.89. The molecule has 3 N–H and O–H groups in total. The van der Waals surface area contributed by atoms with Crippen LogP contribution >= 0.6 is 0 Å². The maximum atomic E-state index is 9.91. The van der Waals surface area contributed by atoms with Crippen LogP contribution in [0, 0.1) is 0 Å². The zero-order valence-corrected chi connectivity index (χ0v) is 5.40. The third-order valence-corrected chi connectivity index (χ3v) is 1.08. The Labute approximate surface area is 58.4 Å². The van der Waals surface area contributed by atoms with Gasteiger partial charge in [-0.05, 0) is 0 Å². The van der Waals surface area contributed by atoms with Gasteiger partial charge in [0.2, 0.25) is 0 Å². The first kappa shape index (κ1) is 9.29. The first-order valence-electron chi connectivity index (χ1n) is 2.74. The molecule has 0 radical (unpaired) electrons. The summed E-state index contributed by atoms with van der Waals surface area (Å²) in [6, 6.07) is 0. The highest BCUT2D eigenvalue weighted by molar-refractivity contribution is 5.73. The molecular formula is C6H10O4. The predicted molar refractivity (Wildman–Crippen MR) is 34.3 cm³/mol. The molecule has 0 saturated carbocycles. The van der Waals surface area contributed by atoms with Crippen LogP contribution < -0.4 is 0 Å². The van der Waals surface area contributed by atoms with Gasteiger partial charge >= 0.3 is 0 Å². The molecule has 0 saturated heterocycles. The molecule has 0 heterocycles. The fourth-order valence-electron chi connectivity index (χ4n) is 0.417. The molecule has 0 aromatic carbocycles. The topological polar surface area (TPSA) is 77.8 Å². The van der Waals surface area contributed by atoms with E-state index in [4.69, 9.17) is 15.3 Å². The number of aliphatic hydroxyl groups excluding tert-OH is 3. The molecule has 2 unspecified atom stereocenters. The summed E-state index contributed by atoms with van der Waals surface area (Å²) in [5, 5.41) is 25.8. The molecule has 4 heteroatoms. The van der Waals surface area contributed by atoms with Crippen molar-refractivity contribution < 1.29 is 20.1 Å². The number of aliphatic hydroxyl groups is 3. The quantitative estimate of drug-likeness (QED) is 0.331. The molecule has 4 nitrogen and oxygen atoms in total. The van der Waals surface area contributed by atoms with Crippen molar-refractivity contribution >= 4 is 6.29 Å². The van der Waals surface area contributed by atoms with Crippen molar-refractivity contribution in [1.29, 1.82) is 0 Å². The molecule has 0 aliphatic heterocycles. The maximum absolute atomic E-state index is 9.91. The average molecular weight is 146 g/mol. The third-order valence-electron chi connectivity index (χ3n) is 1.08. The van der Waals surface area contributed by atoms with E-state index >= 15 is 0 Å². The summed E-state index contributed by atoms with van der Waals surface area (Å²) in [5.41, 5.74) is -0.137. The van der Waals surface area contributed by atoms with E-state index in [9.17, 15) is 4.79 Å². The van der Waals surface area contributed by atoms with Gasteiger partial charge in [0.1, 0.15) is 18.5 Å². The smallest absolute Gasteiger partial charge is 0.148 e. The number of hydrogen-bond donors (Lipinski definition) is 3. The fraction of sp³-hybridized carbons (Fsp3) is 0.500. The van der Waals surface area contributed by atoms with E-state index in [1.54, 1.807) is 0 Å². The van der Waals surface area contributed by atoms with Gasteiger partial charge in [0, 0.05) is 5.57 Å². The lowest BCUT2D eigenvalue weighted by Gasteiger charge is -2.13. The largest absolute Gasteiger partial charge is 0.394 e. The van der Waals surface area contributed by atoms with E-state index in [-0.39, 0.29) is 5.57 Å². The molecule has 0 aliphatic carbocycles. The van der Waals surface area contributed by atoms with Crippen LogP contribution in [0.5, 0.6) is 0 Å². The van der Waals surface area contributed by atoms with E-state index in [0.29, 0.717) is 6.29 Å². The van der Waals surface area contributed by atoms with Crippen molar-refractivity contribution in [2.45, 2.75) is 12.2 Å². The number of aldehydes is 1. The zero-order valence-electron chi connectivity index (χ0n) is 5.40. The molecule has 2 atom stereocenters. The Kier molecular flexibility index (Phi) is 3.87. The molecule has 0 amide bonds. The van der Waals surface area contributed by atoms with Crippen molar-refractivity contribution in [2.75, 3.05) is 6.61 Å². The summed E-state index contributed by atoms with van der Waals surface area (Å²) >= 11 is 0. The summed E-state index contributed by atoms with van der Waals surface area (Å²) in [7, 11) is 0. The van der Waals surface area contributed by atoms with Crippen LogP contribution in [0.3, 0.4) is 0 Å². The molecule has 0 bridgehead atoms. The first-order valence-corrected chi connectivity index (χ1v) is 2.74. The van der Waals surface area contributed by atoms with E-state index < -0.39 is 18.8 Å². The zero-order chi connectivity index (χ0) is 8.15. The normalized spacial score (nSPS) is 15.9. The highest BCUT2D eigenvalue weighted by Gasteiger charge is 2.17.